The molecule has 29 heavy (non-hydrogen) atoms. The summed E-state index contributed by atoms with van der Waals surface area (Å²) in [7, 11) is 0. The molecule has 0 fully saturated rings. The molecule has 2 aliphatic heterocycles. The van der Waals surface area contributed by atoms with Gasteiger partial charge in [0.2, 0.25) is 5.78 Å². The van der Waals surface area contributed by atoms with E-state index < -0.39 is 0 Å². The number of hydrogen-bond acceptors (Lipinski definition) is 6. The summed E-state index contributed by atoms with van der Waals surface area (Å²) in [5.41, 5.74) is 4.78. The Labute approximate surface area is 173 Å². The fourth-order valence-electron chi connectivity index (χ4n) is 3.78. The van der Waals surface area contributed by atoms with Gasteiger partial charge in [-0.15, -0.1) is 11.3 Å². The van der Waals surface area contributed by atoms with Crippen molar-refractivity contribution in [2.75, 3.05) is 6.73 Å². The van der Waals surface area contributed by atoms with Crippen LogP contribution >= 0.6 is 11.3 Å². The van der Waals surface area contributed by atoms with Crippen LogP contribution < -0.4 is 9.47 Å². The van der Waals surface area contributed by atoms with Crippen molar-refractivity contribution in [1.82, 2.24) is 9.88 Å². The maximum absolute atomic E-state index is 13.1. The van der Waals surface area contributed by atoms with Gasteiger partial charge in [-0.2, -0.15) is 0 Å². The summed E-state index contributed by atoms with van der Waals surface area (Å²) in [6.07, 6.45) is 5.44. The van der Waals surface area contributed by atoms with Crippen LogP contribution in [0.1, 0.15) is 37.5 Å². The number of hydrogen-bond donors (Lipinski definition) is 0. The van der Waals surface area contributed by atoms with Crippen LogP contribution in [0, 0.1) is 13.8 Å². The molecule has 0 saturated carbocycles. The second kappa shape index (κ2) is 7.13. The Morgan fingerprint density at radius 2 is 2.03 bits per heavy atom. The molecule has 0 spiro atoms. The number of allylic oxidation sites excluding steroid dienone is 1. The zero-order valence-corrected chi connectivity index (χ0v) is 17.1. The summed E-state index contributed by atoms with van der Waals surface area (Å²) in [6.45, 7) is 5.88. The summed E-state index contributed by atoms with van der Waals surface area (Å²) in [5, 5.41) is 2.02. The van der Waals surface area contributed by atoms with Crippen molar-refractivity contribution in [3.05, 3.63) is 80.5 Å². The first kappa shape index (κ1) is 18.1. The SMILES string of the molecule is Cc1ccsc1/C=C1\Oc2c3c(cc(C)c2C1=O)OCN(Cc1ccncc1)C3. The predicted octanol–water partition coefficient (Wildman–Crippen LogP) is 4.73. The van der Waals surface area contributed by atoms with E-state index in [-0.39, 0.29) is 5.78 Å². The highest BCUT2D eigenvalue weighted by Gasteiger charge is 2.35. The minimum Gasteiger partial charge on any atom is -0.478 e. The number of pyridine rings is 1. The molecule has 3 aromatic rings. The minimum absolute atomic E-state index is 0.0562. The Morgan fingerprint density at radius 3 is 2.79 bits per heavy atom. The Balaban J connectivity index is 1.49. The third kappa shape index (κ3) is 3.24. The van der Waals surface area contributed by atoms with Crippen LogP contribution in [0.5, 0.6) is 11.5 Å². The molecule has 0 saturated heterocycles. The van der Waals surface area contributed by atoms with Crippen molar-refractivity contribution in [2.45, 2.75) is 26.9 Å². The Kier molecular flexibility index (Phi) is 4.45. The van der Waals surface area contributed by atoms with Crippen LogP contribution in [0.25, 0.3) is 6.08 Å². The van der Waals surface area contributed by atoms with Crippen molar-refractivity contribution >= 4 is 23.2 Å². The zero-order chi connectivity index (χ0) is 20.0. The molecular weight excluding hydrogens is 384 g/mol. The molecule has 0 radical (unpaired) electrons. The summed E-state index contributed by atoms with van der Waals surface area (Å²) >= 11 is 1.61. The summed E-state index contributed by atoms with van der Waals surface area (Å²) in [5.74, 6) is 1.77. The number of nitrogens with zero attached hydrogens (tertiary/aromatic N) is 2. The van der Waals surface area contributed by atoms with Crippen LogP contribution in [-0.2, 0) is 13.1 Å². The fourth-order valence-corrected chi connectivity index (χ4v) is 4.62. The highest BCUT2D eigenvalue weighted by molar-refractivity contribution is 7.11. The van der Waals surface area contributed by atoms with E-state index >= 15 is 0 Å². The van der Waals surface area contributed by atoms with Gasteiger partial charge in [0.05, 0.1) is 11.1 Å². The molecule has 0 bridgehead atoms. The molecule has 6 heteroatoms. The standard InChI is InChI=1S/C23H20N2O3S/c1-14-5-8-29-20(14)10-19-22(26)21-15(2)9-18-17(23(21)28-19)12-25(13-27-18)11-16-3-6-24-7-4-16/h3-10H,11-13H2,1-2H3/b19-10-. The Hall–Kier alpha value is -2.96. The molecule has 4 heterocycles. The van der Waals surface area contributed by atoms with E-state index in [2.05, 4.69) is 9.88 Å². The van der Waals surface area contributed by atoms with Crippen molar-refractivity contribution in [3.63, 3.8) is 0 Å². The number of rotatable bonds is 3. The quantitative estimate of drug-likeness (QED) is 0.591. The number of ketones is 1. The number of aromatic nitrogens is 1. The summed E-state index contributed by atoms with van der Waals surface area (Å²) in [4.78, 5) is 20.4. The van der Waals surface area contributed by atoms with Gasteiger partial charge >= 0.3 is 0 Å². The van der Waals surface area contributed by atoms with Crippen molar-refractivity contribution < 1.29 is 14.3 Å². The molecule has 2 aliphatic rings. The monoisotopic (exact) mass is 404 g/mol. The number of carbonyl (C=O) groups is 1. The maximum Gasteiger partial charge on any atom is 0.232 e. The van der Waals surface area contributed by atoms with Gasteiger partial charge in [-0.1, -0.05) is 0 Å². The first-order valence-electron chi connectivity index (χ1n) is 9.49. The van der Waals surface area contributed by atoms with Gasteiger partial charge in [0.1, 0.15) is 18.2 Å². The Bertz CT molecular complexity index is 1130. The van der Waals surface area contributed by atoms with E-state index in [0.29, 0.717) is 30.3 Å². The van der Waals surface area contributed by atoms with Gasteiger partial charge in [-0.25, -0.2) is 0 Å². The number of Topliss-reactive ketones (excluding diaryl/α,β-unsaturated/α-hetero) is 1. The van der Waals surface area contributed by atoms with Crippen molar-refractivity contribution in [3.8, 4) is 11.5 Å². The lowest BCUT2D eigenvalue weighted by atomic mass is 9.98. The fraction of sp³-hybridized carbons (Fsp3) is 0.217. The lowest BCUT2D eigenvalue weighted by Gasteiger charge is -2.30. The largest absolute Gasteiger partial charge is 0.478 e. The number of ether oxygens (including phenoxy) is 2. The smallest absolute Gasteiger partial charge is 0.232 e. The lowest BCUT2D eigenvalue weighted by Crippen LogP contribution is -2.31. The molecule has 1 aromatic carbocycles. The number of carbonyl (C=O) groups excluding carboxylic acids is 1. The van der Waals surface area contributed by atoms with E-state index in [9.17, 15) is 4.79 Å². The van der Waals surface area contributed by atoms with Gasteiger partial charge < -0.3 is 9.47 Å². The van der Waals surface area contributed by atoms with Crippen LogP contribution in [-0.4, -0.2) is 22.4 Å². The van der Waals surface area contributed by atoms with E-state index in [1.54, 1.807) is 23.7 Å². The average Bonchev–Trinajstić information content (AvgIpc) is 3.27. The highest BCUT2D eigenvalue weighted by atomic mass is 32.1. The molecule has 5 rings (SSSR count). The number of fused-ring (bicyclic) bond motifs is 3. The van der Waals surface area contributed by atoms with Crippen molar-refractivity contribution in [2.24, 2.45) is 0 Å². The minimum atomic E-state index is -0.0562. The molecule has 0 unspecified atom stereocenters. The molecule has 2 aromatic heterocycles. The number of thiophene rings is 1. The second-order valence-corrected chi connectivity index (χ2v) is 8.35. The zero-order valence-electron chi connectivity index (χ0n) is 16.3. The second-order valence-electron chi connectivity index (χ2n) is 7.40. The molecule has 5 nitrogen and oxygen atoms in total. The van der Waals surface area contributed by atoms with E-state index in [4.69, 9.17) is 9.47 Å². The van der Waals surface area contributed by atoms with Crippen LogP contribution in [0.4, 0.5) is 0 Å². The van der Waals surface area contributed by atoms with Gasteiger partial charge in [0.15, 0.2) is 5.76 Å². The topological polar surface area (TPSA) is 51.7 Å². The van der Waals surface area contributed by atoms with Gasteiger partial charge in [0.25, 0.3) is 0 Å². The highest BCUT2D eigenvalue weighted by Crippen LogP contribution is 2.44. The number of aryl methyl sites for hydroxylation is 2. The van der Waals surface area contributed by atoms with Gasteiger partial charge in [-0.05, 0) is 60.2 Å². The van der Waals surface area contributed by atoms with Gasteiger partial charge in [0, 0.05) is 36.4 Å². The first-order valence-corrected chi connectivity index (χ1v) is 10.4. The normalized spacial score (nSPS) is 17.0. The third-order valence-corrected chi connectivity index (χ3v) is 6.27. The van der Waals surface area contributed by atoms with Gasteiger partial charge in [-0.3, -0.25) is 14.7 Å². The molecule has 0 N–H and O–H groups in total. The average molecular weight is 404 g/mol. The van der Waals surface area contributed by atoms with Crippen molar-refractivity contribution in [1.29, 1.82) is 0 Å². The number of benzene rings is 1. The molecule has 0 atom stereocenters. The summed E-state index contributed by atoms with van der Waals surface area (Å²) < 4.78 is 12.1. The van der Waals surface area contributed by atoms with E-state index in [1.165, 1.54) is 5.56 Å². The van der Waals surface area contributed by atoms with E-state index in [1.807, 2.05) is 49.6 Å². The summed E-state index contributed by atoms with van der Waals surface area (Å²) in [6, 6.07) is 8.00. The molecule has 0 amide bonds. The third-order valence-electron chi connectivity index (χ3n) is 5.31. The van der Waals surface area contributed by atoms with Crippen LogP contribution in [0.3, 0.4) is 0 Å². The maximum atomic E-state index is 13.1. The lowest BCUT2D eigenvalue weighted by molar-refractivity contribution is 0.0872. The predicted molar refractivity (Wildman–Crippen MR) is 112 cm³/mol. The molecular formula is C23H20N2O3S. The molecule has 0 aliphatic carbocycles. The van der Waals surface area contributed by atoms with Crippen LogP contribution in [0.2, 0.25) is 0 Å². The first-order chi connectivity index (χ1) is 14.1. The Morgan fingerprint density at radius 1 is 1.21 bits per heavy atom. The van der Waals surface area contributed by atoms with E-state index in [0.717, 1.165) is 33.9 Å². The van der Waals surface area contributed by atoms with Crippen LogP contribution in [0.15, 0.2) is 47.8 Å². The molecule has 146 valence electrons.